The van der Waals surface area contributed by atoms with Gasteiger partial charge < -0.3 is 10.1 Å². The quantitative estimate of drug-likeness (QED) is 0.706. The summed E-state index contributed by atoms with van der Waals surface area (Å²) < 4.78 is 4.91. The highest BCUT2D eigenvalue weighted by Gasteiger charge is 2.02. The van der Waals surface area contributed by atoms with Crippen LogP contribution in [0.4, 0.5) is 5.69 Å². The van der Waals surface area contributed by atoms with Gasteiger partial charge in [-0.05, 0) is 6.07 Å². The Hall–Kier alpha value is -1.58. The van der Waals surface area contributed by atoms with Gasteiger partial charge in [-0.25, -0.2) is 0 Å². The molecule has 1 rings (SSSR count). The Kier molecular flexibility index (Phi) is 2.63. The summed E-state index contributed by atoms with van der Waals surface area (Å²) in [7, 11) is 1.50. The lowest BCUT2D eigenvalue weighted by atomic mass is 10.4. The van der Waals surface area contributed by atoms with Gasteiger partial charge in [0.2, 0.25) is 5.91 Å². The maximum Gasteiger partial charge on any atom is 0.221 e. The lowest BCUT2D eigenvalue weighted by Crippen LogP contribution is -2.07. The fourth-order valence-corrected chi connectivity index (χ4v) is 0.787. The molecule has 0 saturated heterocycles. The molecule has 1 amide bonds. The number of hydrogen-bond acceptors (Lipinski definition) is 3. The number of methoxy groups -OCH3 is 1. The minimum absolute atomic E-state index is 0.145. The lowest BCUT2D eigenvalue weighted by Gasteiger charge is -2.05. The summed E-state index contributed by atoms with van der Waals surface area (Å²) in [5.74, 6) is 0.292. The van der Waals surface area contributed by atoms with E-state index in [2.05, 4.69) is 16.5 Å². The molecule has 0 aromatic carbocycles. The fourth-order valence-electron chi connectivity index (χ4n) is 0.787. The molecule has 0 bridgehead atoms. The maximum atomic E-state index is 10.7. The molecule has 0 aliphatic heterocycles. The number of anilines is 1. The predicted molar refractivity (Wildman–Crippen MR) is 43.9 cm³/mol. The van der Waals surface area contributed by atoms with Gasteiger partial charge in [-0.3, -0.25) is 9.78 Å². The van der Waals surface area contributed by atoms with Gasteiger partial charge >= 0.3 is 0 Å². The number of carbonyl (C=O) groups is 1. The number of pyridine rings is 1. The van der Waals surface area contributed by atoms with E-state index in [-0.39, 0.29) is 5.91 Å². The second-order valence-corrected chi connectivity index (χ2v) is 2.18. The maximum absolute atomic E-state index is 10.7. The highest BCUT2D eigenvalue weighted by molar-refractivity contribution is 5.90. The number of ether oxygens (including phenoxy) is 1. The van der Waals surface area contributed by atoms with Crippen molar-refractivity contribution in [2.45, 2.75) is 6.92 Å². The molecule has 4 nitrogen and oxygen atoms in total. The summed E-state index contributed by atoms with van der Waals surface area (Å²) in [4.78, 5) is 14.4. The highest BCUT2D eigenvalue weighted by Crippen LogP contribution is 2.20. The van der Waals surface area contributed by atoms with E-state index in [1.807, 2.05) is 0 Å². The number of nitrogens with one attached hydrogen (secondary N) is 1. The molecule has 0 aliphatic rings. The van der Waals surface area contributed by atoms with Crippen LogP contribution in [0, 0.1) is 6.20 Å². The van der Waals surface area contributed by atoms with Crippen molar-refractivity contribution in [1.82, 2.24) is 4.98 Å². The van der Waals surface area contributed by atoms with E-state index in [9.17, 15) is 4.79 Å². The van der Waals surface area contributed by atoms with Gasteiger partial charge in [0.1, 0.15) is 6.20 Å². The highest BCUT2D eigenvalue weighted by atomic mass is 16.5. The fraction of sp³-hybridized carbons (Fsp3) is 0.250. The molecule has 1 aromatic rings. The molecule has 0 aliphatic carbocycles. The molecule has 1 heterocycles. The van der Waals surface area contributed by atoms with Crippen LogP contribution in [-0.4, -0.2) is 18.0 Å². The molecule has 0 fully saturated rings. The molecule has 63 valence electrons. The first kappa shape index (κ1) is 8.52. The average Bonchev–Trinajstić information content (AvgIpc) is 2.04. The summed E-state index contributed by atoms with van der Waals surface area (Å²) in [5.41, 5.74) is 0.583. The molecule has 0 saturated carbocycles. The van der Waals surface area contributed by atoms with E-state index in [4.69, 9.17) is 4.74 Å². The number of carbonyl (C=O) groups excluding carboxylic acids is 1. The molecule has 4 heteroatoms. The van der Waals surface area contributed by atoms with Crippen molar-refractivity contribution in [3.05, 3.63) is 18.5 Å². The van der Waals surface area contributed by atoms with Crippen LogP contribution in [0.1, 0.15) is 6.92 Å². The topological polar surface area (TPSA) is 51.2 Å². The average molecular weight is 165 g/mol. The van der Waals surface area contributed by atoms with Crippen LogP contribution in [0.2, 0.25) is 0 Å². The normalized spacial score (nSPS) is 9.17. The first-order chi connectivity index (χ1) is 5.74. The van der Waals surface area contributed by atoms with Gasteiger partial charge in [0.25, 0.3) is 0 Å². The van der Waals surface area contributed by atoms with Crippen molar-refractivity contribution in [2.75, 3.05) is 12.4 Å². The molecule has 1 aromatic heterocycles. The molecule has 0 atom stereocenters. The third kappa shape index (κ3) is 1.95. The van der Waals surface area contributed by atoms with Crippen LogP contribution in [0.3, 0.4) is 0 Å². The van der Waals surface area contributed by atoms with Crippen molar-refractivity contribution in [1.29, 1.82) is 0 Å². The van der Waals surface area contributed by atoms with Crippen LogP contribution in [0.25, 0.3) is 0 Å². The Bertz CT molecular complexity index is 286. The summed E-state index contributed by atoms with van der Waals surface area (Å²) in [6.45, 7) is 1.43. The Morgan fingerprint density at radius 2 is 2.50 bits per heavy atom. The van der Waals surface area contributed by atoms with Gasteiger partial charge in [-0.1, -0.05) is 0 Å². The van der Waals surface area contributed by atoms with Crippen LogP contribution in [0.5, 0.6) is 5.75 Å². The monoisotopic (exact) mass is 165 g/mol. The van der Waals surface area contributed by atoms with E-state index in [1.165, 1.54) is 20.2 Å². The number of amides is 1. The third-order valence-corrected chi connectivity index (χ3v) is 1.24. The molecule has 0 unspecified atom stereocenters. The van der Waals surface area contributed by atoms with E-state index < -0.39 is 0 Å². The van der Waals surface area contributed by atoms with Crippen molar-refractivity contribution in [3.8, 4) is 5.75 Å². The van der Waals surface area contributed by atoms with Crippen LogP contribution < -0.4 is 10.1 Å². The molecular formula is C8H9N2O2. The summed E-state index contributed by atoms with van der Waals surface area (Å²) in [5, 5.41) is 2.59. The van der Waals surface area contributed by atoms with Crippen LogP contribution in [0.15, 0.2) is 12.3 Å². The largest absolute Gasteiger partial charge is 0.492 e. The van der Waals surface area contributed by atoms with Gasteiger partial charge in [0.15, 0.2) is 5.75 Å². The minimum Gasteiger partial charge on any atom is -0.492 e. The number of nitrogens with zero attached hydrogens (tertiary/aromatic N) is 1. The molecular weight excluding hydrogens is 156 g/mol. The smallest absolute Gasteiger partial charge is 0.221 e. The van der Waals surface area contributed by atoms with Gasteiger partial charge in [-0.2, -0.15) is 0 Å². The first-order valence-electron chi connectivity index (χ1n) is 3.42. The van der Waals surface area contributed by atoms with Gasteiger partial charge in [0.05, 0.1) is 12.8 Å². The summed E-state index contributed by atoms with van der Waals surface area (Å²) >= 11 is 0. The lowest BCUT2D eigenvalue weighted by molar-refractivity contribution is -0.114. The zero-order chi connectivity index (χ0) is 8.97. The van der Waals surface area contributed by atoms with Crippen LogP contribution >= 0.6 is 0 Å². The van der Waals surface area contributed by atoms with Crippen molar-refractivity contribution < 1.29 is 9.53 Å². The third-order valence-electron chi connectivity index (χ3n) is 1.24. The molecule has 1 N–H and O–H groups in total. The standard InChI is InChI=1S/C8H9N2O2/c1-6(11)10-7-3-4-9-5-8(7)12-2/h3-4H,1-2H3,(H,9,10,11). The Labute approximate surface area is 70.6 Å². The van der Waals surface area contributed by atoms with Crippen LogP contribution in [-0.2, 0) is 4.79 Å². The summed E-state index contributed by atoms with van der Waals surface area (Å²) in [6.07, 6.45) is 4.14. The molecule has 1 radical (unpaired) electrons. The Balaban J connectivity index is 2.89. The Morgan fingerprint density at radius 3 is 3.08 bits per heavy atom. The van der Waals surface area contributed by atoms with E-state index in [0.29, 0.717) is 11.4 Å². The summed E-state index contributed by atoms with van der Waals surface area (Å²) in [6, 6.07) is 1.65. The second kappa shape index (κ2) is 3.71. The SMILES string of the molecule is COc1[c]nccc1NC(C)=O. The number of hydrogen-bond donors (Lipinski definition) is 1. The van der Waals surface area contributed by atoms with E-state index in [1.54, 1.807) is 6.07 Å². The van der Waals surface area contributed by atoms with E-state index in [0.717, 1.165) is 0 Å². The van der Waals surface area contributed by atoms with Gasteiger partial charge in [-0.15, -0.1) is 0 Å². The van der Waals surface area contributed by atoms with Crippen molar-refractivity contribution >= 4 is 11.6 Å². The second-order valence-electron chi connectivity index (χ2n) is 2.18. The zero-order valence-corrected chi connectivity index (χ0v) is 6.92. The Morgan fingerprint density at radius 1 is 1.75 bits per heavy atom. The van der Waals surface area contributed by atoms with Gasteiger partial charge in [0, 0.05) is 13.1 Å². The zero-order valence-electron chi connectivity index (χ0n) is 6.92. The first-order valence-corrected chi connectivity index (χ1v) is 3.42. The molecule has 0 spiro atoms. The predicted octanol–water partition coefficient (Wildman–Crippen LogP) is 0.849. The van der Waals surface area contributed by atoms with E-state index >= 15 is 0 Å². The van der Waals surface area contributed by atoms with Crippen molar-refractivity contribution in [3.63, 3.8) is 0 Å². The minimum atomic E-state index is -0.145. The molecule has 12 heavy (non-hydrogen) atoms. The number of rotatable bonds is 2. The number of aromatic nitrogens is 1. The van der Waals surface area contributed by atoms with Crippen molar-refractivity contribution in [2.24, 2.45) is 0 Å².